The average molecular weight is 610 g/mol. The number of carboxylic acid groups (broad SMARTS) is 1. The van der Waals surface area contributed by atoms with Crippen molar-refractivity contribution in [1.29, 1.82) is 0 Å². The quantitative estimate of drug-likeness (QED) is 0.175. The molecule has 2 aromatic rings. The molecule has 1 fully saturated rings. The van der Waals surface area contributed by atoms with Crippen molar-refractivity contribution in [2.75, 3.05) is 19.6 Å². The number of ketones is 1. The highest BCUT2D eigenvalue weighted by atomic mass is 35.5. The predicted molar refractivity (Wildman–Crippen MR) is 139 cm³/mol. The van der Waals surface area contributed by atoms with Crippen molar-refractivity contribution in [3.05, 3.63) is 51.5 Å². The first-order valence-electron chi connectivity index (χ1n) is 12.5. The van der Waals surface area contributed by atoms with Gasteiger partial charge in [0.05, 0.1) is 5.02 Å². The summed E-state index contributed by atoms with van der Waals surface area (Å²) in [5.41, 5.74) is -1.50. The van der Waals surface area contributed by atoms with E-state index in [1.54, 1.807) is 6.92 Å². The Morgan fingerprint density at radius 3 is 2.52 bits per heavy atom. The molecular formula is C25H23BClF2N3O10. The molecule has 42 heavy (non-hydrogen) atoms. The van der Waals surface area contributed by atoms with E-state index < -0.39 is 94.5 Å². The normalized spacial score (nSPS) is 17.5. The van der Waals surface area contributed by atoms with Crippen LogP contribution in [-0.4, -0.2) is 86.5 Å². The van der Waals surface area contributed by atoms with Gasteiger partial charge in [-0.05, 0) is 31.0 Å². The van der Waals surface area contributed by atoms with Crippen LogP contribution in [-0.2, 0) is 20.8 Å². The van der Waals surface area contributed by atoms with Crippen molar-refractivity contribution in [2.45, 2.75) is 31.6 Å². The van der Waals surface area contributed by atoms with Gasteiger partial charge >= 0.3 is 30.9 Å². The van der Waals surface area contributed by atoms with Gasteiger partial charge in [0.15, 0.2) is 28.9 Å². The largest absolute Gasteiger partial charge is 0.535 e. The van der Waals surface area contributed by atoms with E-state index in [1.165, 1.54) is 4.90 Å². The van der Waals surface area contributed by atoms with Crippen molar-refractivity contribution in [1.82, 2.24) is 15.1 Å². The number of hydrogen-bond acceptors (Lipinski definition) is 9. The summed E-state index contributed by atoms with van der Waals surface area (Å²) in [6.45, 7) is 1.71. The number of aromatic carboxylic acids is 1. The summed E-state index contributed by atoms with van der Waals surface area (Å²) >= 11 is 6.15. The summed E-state index contributed by atoms with van der Waals surface area (Å²) in [7, 11) is -1.87. The number of amides is 4. The molecule has 1 unspecified atom stereocenters. The van der Waals surface area contributed by atoms with Gasteiger partial charge in [0.2, 0.25) is 0 Å². The van der Waals surface area contributed by atoms with Crippen LogP contribution < -0.4 is 9.97 Å². The lowest BCUT2D eigenvalue weighted by molar-refractivity contribution is -0.153. The number of Topliss-reactive ketones (excluding diaryl/α,β-unsaturated/α-hetero) is 1. The number of phenols is 2. The lowest BCUT2D eigenvalue weighted by Crippen LogP contribution is -2.58. The molecule has 0 saturated carbocycles. The molecule has 4 rings (SSSR count). The summed E-state index contributed by atoms with van der Waals surface area (Å²) in [5, 5.41) is 41.5. The van der Waals surface area contributed by atoms with Gasteiger partial charge in [0.25, 0.3) is 0 Å². The van der Waals surface area contributed by atoms with Crippen LogP contribution in [0, 0.1) is 11.6 Å². The SMILES string of the molecule is CCN1CCN(C(=O)NC(C(=O)C[C@H]2Cc3cc(F)c(F)c(C(=O)O)c3OB2O)c2ccc(O)c(O)c2Cl)C(=O)C1=O. The maximum atomic E-state index is 14.1. The molecule has 0 bridgehead atoms. The first-order chi connectivity index (χ1) is 19.8. The molecule has 0 spiro atoms. The van der Waals surface area contributed by atoms with E-state index in [1.807, 2.05) is 0 Å². The molecule has 2 atom stereocenters. The highest BCUT2D eigenvalue weighted by Crippen LogP contribution is 2.41. The molecule has 2 aliphatic heterocycles. The zero-order valence-corrected chi connectivity index (χ0v) is 22.5. The molecule has 0 aromatic heterocycles. The van der Waals surface area contributed by atoms with Gasteiger partial charge in [-0.3, -0.25) is 19.3 Å². The molecule has 5 N–H and O–H groups in total. The molecule has 2 aliphatic rings. The van der Waals surface area contributed by atoms with E-state index in [-0.39, 0.29) is 37.2 Å². The molecule has 0 radical (unpaired) electrons. The van der Waals surface area contributed by atoms with E-state index in [9.17, 15) is 53.1 Å². The Hall–Kier alpha value is -4.44. The third-order valence-electron chi connectivity index (χ3n) is 7.01. The summed E-state index contributed by atoms with van der Waals surface area (Å²) in [4.78, 5) is 64.8. The Bertz CT molecular complexity index is 1510. The topological polar surface area (TPSA) is 194 Å². The lowest BCUT2D eigenvalue weighted by Gasteiger charge is -2.33. The number of carbonyl (C=O) groups excluding carboxylic acids is 4. The van der Waals surface area contributed by atoms with Crippen molar-refractivity contribution >= 4 is 48.3 Å². The van der Waals surface area contributed by atoms with Crippen LogP contribution in [0.3, 0.4) is 0 Å². The van der Waals surface area contributed by atoms with Gasteiger partial charge in [-0.25, -0.2) is 18.4 Å². The molecule has 2 heterocycles. The summed E-state index contributed by atoms with van der Waals surface area (Å²) in [6, 6.07) is -0.0928. The molecule has 4 amide bonds. The van der Waals surface area contributed by atoms with Gasteiger partial charge in [-0.2, -0.15) is 0 Å². The van der Waals surface area contributed by atoms with Crippen molar-refractivity contribution < 1.29 is 57.8 Å². The van der Waals surface area contributed by atoms with Gasteiger partial charge in [-0.1, -0.05) is 17.7 Å². The Morgan fingerprint density at radius 2 is 1.88 bits per heavy atom. The zero-order chi connectivity index (χ0) is 31.0. The molecular weight excluding hydrogens is 587 g/mol. The monoisotopic (exact) mass is 609 g/mol. The lowest BCUT2D eigenvalue weighted by atomic mass is 9.64. The third kappa shape index (κ3) is 5.54. The Labute approximate surface area is 241 Å². The first-order valence-corrected chi connectivity index (χ1v) is 12.9. The number of carbonyl (C=O) groups is 5. The Morgan fingerprint density at radius 1 is 1.19 bits per heavy atom. The number of urea groups is 1. The van der Waals surface area contributed by atoms with E-state index in [2.05, 4.69) is 5.32 Å². The Kier molecular flexibility index (Phi) is 8.59. The fourth-order valence-corrected chi connectivity index (χ4v) is 5.05. The van der Waals surface area contributed by atoms with Crippen LogP contribution in [0.2, 0.25) is 10.8 Å². The number of hydrogen-bond donors (Lipinski definition) is 5. The van der Waals surface area contributed by atoms with Crippen molar-refractivity contribution in [3.8, 4) is 17.2 Å². The van der Waals surface area contributed by atoms with E-state index in [4.69, 9.17) is 16.3 Å². The number of halogens is 3. The summed E-state index contributed by atoms with van der Waals surface area (Å²) in [6.07, 6.45) is -0.970. The van der Waals surface area contributed by atoms with Gasteiger partial charge in [0.1, 0.15) is 17.4 Å². The highest BCUT2D eigenvalue weighted by Gasteiger charge is 2.42. The van der Waals surface area contributed by atoms with Crippen molar-refractivity contribution in [3.63, 3.8) is 0 Å². The minimum absolute atomic E-state index is 0.0361. The number of phenolic OH excluding ortho intramolecular Hbond substituents is 2. The second kappa shape index (κ2) is 11.8. The van der Waals surface area contributed by atoms with Crippen molar-refractivity contribution in [2.24, 2.45) is 0 Å². The Balaban J connectivity index is 1.64. The number of carboxylic acids is 1. The van der Waals surface area contributed by atoms with Gasteiger partial charge < -0.3 is 35.2 Å². The number of aromatic hydroxyl groups is 2. The average Bonchev–Trinajstić information content (AvgIpc) is 2.93. The maximum Gasteiger partial charge on any atom is 0.526 e. The third-order valence-corrected chi connectivity index (χ3v) is 7.41. The van der Waals surface area contributed by atoms with Crippen LogP contribution in [0.5, 0.6) is 17.2 Å². The van der Waals surface area contributed by atoms with Crippen LogP contribution in [0.25, 0.3) is 0 Å². The zero-order valence-electron chi connectivity index (χ0n) is 21.8. The molecule has 1 saturated heterocycles. The van der Waals surface area contributed by atoms with Crippen LogP contribution in [0.1, 0.15) is 40.9 Å². The number of nitrogens with one attached hydrogen (secondary N) is 1. The number of nitrogens with zero attached hydrogens (tertiary/aromatic N) is 2. The smallest absolute Gasteiger partial charge is 0.526 e. The van der Waals surface area contributed by atoms with Crippen LogP contribution in [0.4, 0.5) is 13.6 Å². The molecule has 2 aromatic carbocycles. The molecule has 0 aliphatic carbocycles. The van der Waals surface area contributed by atoms with Gasteiger partial charge in [0, 0.05) is 37.4 Å². The van der Waals surface area contributed by atoms with Crippen LogP contribution in [0.15, 0.2) is 18.2 Å². The molecule has 17 heteroatoms. The molecule has 13 nitrogen and oxygen atoms in total. The highest BCUT2D eigenvalue weighted by molar-refractivity contribution is 6.47. The summed E-state index contributed by atoms with van der Waals surface area (Å²) < 4.78 is 33.4. The number of fused-ring (bicyclic) bond motifs is 1. The number of imide groups is 1. The summed E-state index contributed by atoms with van der Waals surface area (Å²) in [5.74, 6) is -11.2. The van der Waals surface area contributed by atoms with Crippen LogP contribution >= 0.6 is 11.6 Å². The van der Waals surface area contributed by atoms with E-state index >= 15 is 0 Å². The second-order valence-electron chi connectivity index (χ2n) is 9.54. The number of rotatable bonds is 7. The second-order valence-corrected chi connectivity index (χ2v) is 9.92. The minimum atomic E-state index is -1.87. The number of piperazine rings is 1. The van der Waals surface area contributed by atoms with Gasteiger partial charge in [-0.15, -0.1) is 0 Å². The first kappa shape index (κ1) is 30.5. The fourth-order valence-electron chi connectivity index (χ4n) is 4.78. The fraction of sp³-hybridized carbons (Fsp3) is 0.320. The molecule has 222 valence electrons. The number of likely N-dealkylation sites (N-methyl/N-ethyl adjacent to an activating group) is 1. The minimum Gasteiger partial charge on any atom is -0.535 e. The van der Waals surface area contributed by atoms with E-state index in [0.717, 1.165) is 12.1 Å². The van der Waals surface area contributed by atoms with E-state index in [0.29, 0.717) is 11.0 Å². The predicted octanol–water partition coefficient (Wildman–Crippen LogP) is 1.61. The number of benzene rings is 2. The standard InChI is InChI=1S/C25H23BClF2N3O10/c1-2-31-5-6-32(23(37)22(31)36)25(40)30-19(12-3-4-14(33)20(35)17(12)27)15(34)9-11-7-10-8-13(28)18(29)16(24(38)39)21(10)42-26(11)41/h3-4,8,11,19,33,35,41H,2,5-7,9H2,1H3,(H,30,40)(H,38,39)/t11-,19?/m1/s1. The maximum absolute atomic E-state index is 14.1.